The van der Waals surface area contributed by atoms with Crippen molar-refractivity contribution in [1.29, 1.82) is 0 Å². The van der Waals surface area contributed by atoms with Gasteiger partial charge in [0.25, 0.3) is 0 Å². The Morgan fingerprint density at radius 3 is 2.58 bits per heavy atom. The minimum absolute atomic E-state index is 0. The third-order valence-electron chi connectivity index (χ3n) is 5.43. The molecule has 1 saturated heterocycles. The van der Waals surface area contributed by atoms with Crippen LogP contribution in [-0.2, 0) is 12.6 Å². The summed E-state index contributed by atoms with van der Waals surface area (Å²) in [5.74, 6) is 1.67. The van der Waals surface area contributed by atoms with E-state index in [9.17, 15) is 13.2 Å². The van der Waals surface area contributed by atoms with Gasteiger partial charge in [0, 0.05) is 57.6 Å². The van der Waals surface area contributed by atoms with Crippen molar-refractivity contribution in [2.75, 3.05) is 44.2 Å². The van der Waals surface area contributed by atoms with Gasteiger partial charge in [0.2, 0.25) is 0 Å². The lowest BCUT2D eigenvalue weighted by Gasteiger charge is -2.38. The molecule has 0 saturated carbocycles. The fraction of sp³-hybridized carbons (Fsp3) is 0.409. The Labute approximate surface area is 207 Å². The van der Waals surface area contributed by atoms with Gasteiger partial charge in [-0.05, 0) is 37.3 Å². The maximum absolute atomic E-state index is 13.0. The lowest BCUT2D eigenvalue weighted by atomic mass is 10.1. The van der Waals surface area contributed by atoms with E-state index < -0.39 is 11.7 Å². The zero-order chi connectivity index (χ0) is 22.6. The molecule has 0 amide bonds. The van der Waals surface area contributed by atoms with Crippen LogP contribution in [0.25, 0.3) is 5.65 Å². The van der Waals surface area contributed by atoms with E-state index >= 15 is 0 Å². The molecule has 1 aliphatic rings. The number of nitrogens with zero attached hydrogens (tertiary/aromatic N) is 6. The van der Waals surface area contributed by atoms with Gasteiger partial charge in [-0.2, -0.15) is 13.2 Å². The first-order valence-electron chi connectivity index (χ1n) is 10.7. The Hall–Kier alpha value is -2.57. The van der Waals surface area contributed by atoms with Crippen molar-refractivity contribution in [1.82, 2.24) is 24.8 Å². The number of fused-ring (bicyclic) bond motifs is 1. The molecule has 1 aliphatic heterocycles. The van der Waals surface area contributed by atoms with Crippen LogP contribution >= 0.6 is 24.0 Å². The van der Waals surface area contributed by atoms with Crippen LogP contribution in [0.4, 0.5) is 18.9 Å². The Kier molecular flexibility index (Phi) is 8.38. The summed E-state index contributed by atoms with van der Waals surface area (Å²) in [5, 5.41) is 11.7. The third kappa shape index (κ3) is 6.06. The predicted molar refractivity (Wildman–Crippen MR) is 133 cm³/mol. The van der Waals surface area contributed by atoms with Crippen LogP contribution in [-0.4, -0.2) is 64.7 Å². The SMILES string of the molecule is CCNC(=NCCc1nnc2ccccn12)N1CCN(c2cccc(C(F)(F)F)c2)CC1.I. The highest BCUT2D eigenvalue weighted by atomic mass is 127. The van der Waals surface area contributed by atoms with E-state index in [2.05, 4.69) is 20.4 Å². The van der Waals surface area contributed by atoms with Crippen LogP contribution in [0.3, 0.4) is 0 Å². The summed E-state index contributed by atoms with van der Waals surface area (Å²) >= 11 is 0. The molecule has 0 atom stereocenters. The summed E-state index contributed by atoms with van der Waals surface area (Å²) in [5.41, 5.74) is 0.789. The standard InChI is InChI=1S/C22H26F3N7.HI/c1-2-26-21(27-10-9-20-29-28-19-8-3-4-11-32(19)20)31-14-12-30(13-15-31)18-7-5-6-17(16-18)22(23,24)25;/h3-8,11,16H,2,9-10,12-15H2,1H3,(H,26,27);1H. The molecule has 0 aliphatic carbocycles. The van der Waals surface area contributed by atoms with Gasteiger partial charge in [0.15, 0.2) is 11.6 Å². The number of guanidine groups is 1. The molecular formula is C22H27F3IN7. The Balaban J connectivity index is 0.00000306. The smallest absolute Gasteiger partial charge is 0.368 e. The molecule has 0 spiro atoms. The molecule has 3 aromatic rings. The number of alkyl halides is 3. The molecule has 33 heavy (non-hydrogen) atoms. The van der Waals surface area contributed by atoms with Crippen LogP contribution in [0.5, 0.6) is 0 Å². The van der Waals surface area contributed by atoms with E-state index in [-0.39, 0.29) is 24.0 Å². The molecular weight excluding hydrogens is 546 g/mol. The number of nitrogens with one attached hydrogen (secondary N) is 1. The van der Waals surface area contributed by atoms with E-state index in [0.29, 0.717) is 44.8 Å². The predicted octanol–water partition coefficient (Wildman–Crippen LogP) is 3.70. The van der Waals surface area contributed by atoms with E-state index in [4.69, 9.17) is 4.99 Å². The van der Waals surface area contributed by atoms with Crippen molar-refractivity contribution in [2.24, 2.45) is 4.99 Å². The van der Waals surface area contributed by atoms with Crippen LogP contribution in [0.2, 0.25) is 0 Å². The van der Waals surface area contributed by atoms with Crippen molar-refractivity contribution < 1.29 is 13.2 Å². The summed E-state index contributed by atoms with van der Waals surface area (Å²) < 4.78 is 41.1. The molecule has 1 N–H and O–H groups in total. The fourth-order valence-corrected chi connectivity index (χ4v) is 3.80. The zero-order valence-electron chi connectivity index (χ0n) is 18.3. The normalized spacial score (nSPS) is 15.0. The highest BCUT2D eigenvalue weighted by Gasteiger charge is 2.31. The lowest BCUT2D eigenvalue weighted by Crippen LogP contribution is -2.52. The molecule has 178 valence electrons. The number of halogens is 4. The number of aliphatic imine (C=N–C) groups is 1. The Morgan fingerprint density at radius 1 is 1.06 bits per heavy atom. The zero-order valence-corrected chi connectivity index (χ0v) is 20.6. The second-order valence-corrected chi connectivity index (χ2v) is 7.55. The number of rotatable bonds is 5. The largest absolute Gasteiger partial charge is 0.416 e. The number of benzene rings is 1. The van der Waals surface area contributed by atoms with Crippen LogP contribution in [0, 0.1) is 0 Å². The van der Waals surface area contributed by atoms with Gasteiger partial charge in [-0.25, -0.2) is 0 Å². The van der Waals surface area contributed by atoms with Gasteiger partial charge in [-0.1, -0.05) is 12.1 Å². The van der Waals surface area contributed by atoms with Crippen molar-refractivity contribution in [3.05, 3.63) is 60.0 Å². The fourth-order valence-electron chi connectivity index (χ4n) is 3.80. The maximum atomic E-state index is 13.0. The quantitative estimate of drug-likeness (QED) is 0.287. The molecule has 0 unspecified atom stereocenters. The van der Waals surface area contributed by atoms with Gasteiger partial charge in [0.05, 0.1) is 5.56 Å². The first-order valence-corrected chi connectivity index (χ1v) is 10.7. The molecule has 4 rings (SSSR count). The third-order valence-corrected chi connectivity index (χ3v) is 5.43. The van der Waals surface area contributed by atoms with Gasteiger partial charge in [-0.3, -0.25) is 9.39 Å². The number of pyridine rings is 1. The van der Waals surface area contributed by atoms with Gasteiger partial charge >= 0.3 is 6.18 Å². The average Bonchev–Trinajstić information content (AvgIpc) is 3.21. The van der Waals surface area contributed by atoms with E-state index in [1.165, 1.54) is 12.1 Å². The lowest BCUT2D eigenvalue weighted by molar-refractivity contribution is -0.137. The average molecular weight is 573 g/mol. The topological polar surface area (TPSA) is 61.1 Å². The molecule has 0 radical (unpaired) electrons. The Bertz CT molecular complexity index is 1080. The van der Waals surface area contributed by atoms with Crippen molar-refractivity contribution in [2.45, 2.75) is 19.5 Å². The molecule has 1 aromatic carbocycles. The van der Waals surface area contributed by atoms with E-state index in [1.54, 1.807) is 6.07 Å². The summed E-state index contributed by atoms with van der Waals surface area (Å²) in [6.07, 6.45) is -1.74. The van der Waals surface area contributed by atoms with Gasteiger partial charge in [0.1, 0.15) is 5.82 Å². The second-order valence-electron chi connectivity index (χ2n) is 7.55. The number of hydrogen-bond acceptors (Lipinski definition) is 4. The van der Waals surface area contributed by atoms with Crippen LogP contribution < -0.4 is 10.2 Å². The van der Waals surface area contributed by atoms with Crippen LogP contribution in [0.1, 0.15) is 18.3 Å². The van der Waals surface area contributed by atoms with Crippen molar-refractivity contribution in [3.63, 3.8) is 0 Å². The first-order chi connectivity index (χ1) is 15.5. The van der Waals surface area contributed by atoms with Gasteiger partial charge in [-0.15, -0.1) is 34.2 Å². The number of piperazine rings is 1. The maximum Gasteiger partial charge on any atom is 0.416 e. The van der Waals surface area contributed by atoms with E-state index in [1.807, 2.05) is 40.6 Å². The highest BCUT2D eigenvalue weighted by molar-refractivity contribution is 14.0. The minimum Gasteiger partial charge on any atom is -0.368 e. The summed E-state index contributed by atoms with van der Waals surface area (Å²) in [6, 6.07) is 11.3. The van der Waals surface area contributed by atoms with Crippen molar-refractivity contribution >= 4 is 41.3 Å². The molecule has 3 heterocycles. The summed E-state index contributed by atoms with van der Waals surface area (Å²) in [4.78, 5) is 8.88. The minimum atomic E-state index is -4.33. The van der Waals surface area contributed by atoms with Crippen LogP contribution in [0.15, 0.2) is 53.7 Å². The Morgan fingerprint density at radius 2 is 1.85 bits per heavy atom. The van der Waals surface area contributed by atoms with Crippen molar-refractivity contribution in [3.8, 4) is 0 Å². The molecule has 0 bridgehead atoms. The van der Waals surface area contributed by atoms with Gasteiger partial charge < -0.3 is 15.1 Å². The second kappa shape index (κ2) is 11.0. The van der Waals surface area contributed by atoms with E-state index in [0.717, 1.165) is 30.0 Å². The highest BCUT2D eigenvalue weighted by Crippen LogP contribution is 2.31. The molecule has 7 nitrogen and oxygen atoms in total. The summed E-state index contributed by atoms with van der Waals surface area (Å²) in [6.45, 7) is 5.92. The molecule has 1 fully saturated rings. The number of aromatic nitrogens is 3. The molecule has 11 heteroatoms. The molecule has 2 aromatic heterocycles. The summed E-state index contributed by atoms with van der Waals surface area (Å²) in [7, 11) is 0. The number of anilines is 1. The monoisotopic (exact) mass is 573 g/mol. The first kappa shape index (κ1) is 25.1. The number of hydrogen-bond donors (Lipinski definition) is 1.